The van der Waals surface area contributed by atoms with E-state index in [1.807, 2.05) is 60.8 Å². The van der Waals surface area contributed by atoms with Gasteiger partial charge in [-0.1, -0.05) is 60.7 Å². The highest BCUT2D eigenvalue weighted by Crippen LogP contribution is 2.37. The molecule has 0 atom stereocenters. The fourth-order valence-corrected chi connectivity index (χ4v) is 4.32. The number of fused-ring (bicyclic) bond motifs is 3. The van der Waals surface area contributed by atoms with Crippen molar-refractivity contribution in [3.8, 4) is 39.5 Å². The quantitative estimate of drug-likeness (QED) is 0.335. The number of rotatable bonds is 3. The van der Waals surface area contributed by atoms with E-state index in [0.717, 1.165) is 55.6 Å². The first-order valence-corrected chi connectivity index (χ1v) is 10.5. The summed E-state index contributed by atoms with van der Waals surface area (Å²) in [6.07, 6.45) is 1.82. The zero-order valence-corrected chi connectivity index (χ0v) is 17.2. The predicted molar refractivity (Wildman–Crippen MR) is 129 cm³/mol. The molecule has 152 valence electrons. The maximum atomic E-state index is 10.3. The van der Waals surface area contributed by atoms with Gasteiger partial charge in [0, 0.05) is 33.7 Å². The lowest BCUT2D eigenvalue weighted by molar-refractivity contribution is 0.477. The first-order chi connectivity index (χ1) is 15.8. The van der Waals surface area contributed by atoms with Crippen molar-refractivity contribution in [2.45, 2.75) is 0 Å². The zero-order valence-electron chi connectivity index (χ0n) is 17.2. The number of hydrogen-bond acceptors (Lipinski definition) is 3. The van der Waals surface area contributed by atoms with E-state index in [2.05, 4.69) is 46.4 Å². The highest BCUT2D eigenvalue weighted by molar-refractivity contribution is 6.14. The van der Waals surface area contributed by atoms with Crippen LogP contribution in [0.2, 0.25) is 0 Å². The Bertz CT molecular complexity index is 1590. The van der Waals surface area contributed by atoms with Crippen LogP contribution in [-0.2, 0) is 0 Å². The number of aromatic hydroxyl groups is 1. The van der Waals surface area contributed by atoms with E-state index in [1.54, 1.807) is 6.07 Å². The van der Waals surface area contributed by atoms with Gasteiger partial charge in [0.15, 0.2) is 0 Å². The lowest BCUT2D eigenvalue weighted by atomic mass is 10.0. The van der Waals surface area contributed by atoms with Gasteiger partial charge in [-0.15, -0.1) is 0 Å². The van der Waals surface area contributed by atoms with Crippen LogP contribution in [0.1, 0.15) is 0 Å². The fourth-order valence-electron chi connectivity index (χ4n) is 4.32. The van der Waals surface area contributed by atoms with Crippen molar-refractivity contribution in [3.63, 3.8) is 0 Å². The molecule has 3 aromatic carbocycles. The van der Waals surface area contributed by atoms with Crippen molar-refractivity contribution in [2.75, 3.05) is 0 Å². The van der Waals surface area contributed by atoms with E-state index >= 15 is 0 Å². The summed E-state index contributed by atoms with van der Waals surface area (Å²) >= 11 is 0. The zero-order chi connectivity index (χ0) is 21.5. The molecule has 3 heterocycles. The van der Waals surface area contributed by atoms with Crippen LogP contribution in [0.15, 0.2) is 103 Å². The number of hydrogen-bond donors (Lipinski definition) is 2. The number of aromatic nitrogens is 3. The predicted octanol–water partition coefficient (Wildman–Crippen LogP) is 6.82. The summed E-state index contributed by atoms with van der Waals surface area (Å²) in [5.41, 5.74) is 7.43. The van der Waals surface area contributed by atoms with Gasteiger partial charge in [-0.2, -0.15) is 0 Å². The van der Waals surface area contributed by atoms with Crippen molar-refractivity contribution in [1.82, 2.24) is 15.0 Å². The van der Waals surface area contributed by atoms with Gasteiger partial charge in [-0.25, -0.2) is 4.98 Å². The Morgan fingerprint density at radius 3 is 1.78 bits per heavy atom. The van der Waals surface area contributed by atoms with Crippen molar-refractivity contribution in [2.24, 2.45) is 0 Å². The summed E-state index contributed by atoms with van der Waals surface area (Å²) in [6, 6.07) is 31.7. The SMILES string of the molecule is Oc1ccccc1-c1cccc(-c2cccc3c2[nH]c2c(-c4ccccn4)cccc23)n1. The van der Waals surface area contributed by atoms with Crippen LogP contribution in [0.4, 0.5) is 0 Å². The third-order valence-electron chi connectivity index (χ3n) is 5.81. The van der Waals surface area contributed by atoms with Crippen molar-refractivity contribution in [1.29, 1.82) is 0 Å². The fraction of sp³-hybridized carbons (Fsp3) is 0. The van der Waals surface area contributed by atoms with Gasteiger partial charge in [0.05, 0.1) is 28.1 Å². The van der Waals surface area contributed by atoms with Gasteiger partial charge in [0.1, 0.15) is 5.75 Å². The van der Waals surface area contributed by atoms with Gasteiger partial charge in [0.2, 0.25) is 0 Å². The molecule has 0 aliphatic rings. The molecule has 0 spiro atoms. The summed E-state index contributed by atoms with van der Waals surface area (Å²) in [7, 11) is 0. The number of phenolic OH excluding ortho intramolecular Hbond substituents is 1. The second-order valence-electron chi connectivity index (χ2n) is 7.72. The Morgan fingerprint density at radius 1 is 0.531 bits per heavy atom. The molecule has 32 heavy (non-hydrogen) atoms. The molecule has 0 fully saturated rings. The largest absolute Gasteiger partial charge is 0.507 e. The number of nitrogens with zero attached hydrogens (tertiary/aromatic N) is 2. The molecule has 3 aromatic heterocycles. The standard InChI is InChI=1S/C28H19N3O/c32-26-16-2-1-8-20(26)24-14-7-15-25(30-24)22-12-6-10-19-18-9-5-11-21(27(18)31-28(19)22)23-13-3-4-17-29-23/h1-17,31-32H. The Labute approximate surface area is 184 Å². The molecule has 6 aromatic rings. The number of phenols is 1. The van der Waals surface area contributed by atoms with E-state index in [-0.39, 0.29) is 5.75 Å². The lowest BCUT2D eigenvalue weighted by Gasteiger charge is -2.07. The minimum absolute atomic E-state index is 0.223. The second-order valence-corrected chi connectivity index (χ2v) is 7.72. The normalized spacial score (nSPS) is 11.2. The molecule has 0 unspecified atom stereocenters. The molecule has 2 N–H and O–H groups in total. The van der Waals surface area contributed by atoms with E-state index in [1.165, 1.54) is 0 Å². The monoisotopic (exact) mass is 413 g/mol. The Morgan fingerprint density at radius 2 is 1.09 bits per heavy atom. The Balaban J connectivity index is 1.57. The molecule has 0 aliphatic heterocycles. The summed E-state index contributed by atoms with van der Waals surface area (Å²) in [5, 5.41) is 12.6. The first kappa shape index (κ1) is 18.3. The van der Waals surface area contributed by atoms with Gasteiger partial charge < -0.3 is 10.1 Å². The van der Waals surface area contributed by atoms with E-state index in [4.69, 9.17) is 4.98 Å². The maximum Gasteiger partial charge on any atom is 0.124 e. The van der Waals surface area contributed by atoms with Gasteiger partial charge in [-0.3, -0.25) is 4.98 Å². The highest BCUT2D eigenvalue weighted by Gasteiger charge is 2.14. The van der Waals surface area contributed by atoms with Crippen molar-refractivity contribution in [3.05, 3.63) is 103 Å². The third kappa shape index (κ3) is 2.93. The first-order valence-electron chi connectivity index (χ1n) is 10.5. The molecule has 0 bridgehead atoms. The van der Waals surface area contributed by atoms with Crippen LogP contribution >= 0.6 is 0 Å². The van der Waals surface area contributed by atoms with Crippen LogP contribution in [-0.4, -0.2) is 20.1 Å². The van der Waals surface area contributed by atoms with Crippen molar-refractivity contribution < 1.29 is 5.11 Å². The maximum absolute atomic E-state index is 10.3. The average Bonchev–Trinajstić information content (AvgIpc) is 3.24. The smallest absolute Gasteiger partial charge is 0.124 e. The molecular weight excluding hydrogens is 394 g/mol. The van der Waals surface area contributed by atoms with Crippen LogP contribution in [0.25, 0.3) is 55.6 Å². The minimum Gasteiger partial charge on any atom is -0.507 e. The molecule has 0 amide bonds. The number of aromatic amines is 1. The molecular formula is C28H19N3O. The summed E-state index contributed by atoms with van der Waals surface area (Å²) < 4.78 is 0. The summed E-state index contributed by atoms with van der Waals surface area (Å²) in [5.74, 6) is 0.223. The molecule has 0 aliphatic carbocycles. The summed E-state index contributed by atoms with van der Waals surface area (Å²) in [4.78, 5) is 13.1. The molecule has 0 saturated carbocycles. The number of H-pyrrole nitrogens is 1. The van der Waals surface area contributed by atoms with Crippen LogP contribution in [0, 0.1) is 0 Å². The average molecular weight is 413 g/mol. The number of para-hydroxylation sites is 3. The molecule has 4 heteroatoms. The number of nitrogens with one attached hydrogen (secondary N) is 1. The summed E-state index contributed by atoms with van der Waals surface area (Å²) in [6.45, 7) is 0. The molecule has 4 nitrogen and oxygen atoms in total. The Kier molecular flexibility index (Phi) is 4.22. The topological polar surface area (TPSA) is 61.8 Å². The lowest BCUT2D eigenvalue weighted by Crippen LogP contribution is -1.89. The van der Waals surface area contributed by atoms with Crippen LogP contribution in [0.5, 0.6) is 5.75 Å². The van der Waals surface area contributed by atoms with E-state index < -0.39 is 0 Å². The molecule has 0 radical (unpaired) electrons. The highest BCUT2D eigenvalue weighted by atomic mass is 16.3. The molecule has 6 rings (SSSR count). The molecule has 0 saturated heterocycles. The van der Waals surface area contributed by atoms with E-state index in [0.29, 0.717) is 0 Å². The Hall–Kier alpha value is -4.44. The van der Waals surface area contributed by atoms with Crippen molar-refractivity contribution >= 4 is 21.8 Å². The third-order valence-corrected chi connectivity index (χ3v) is 5.81. The van der Waals surface area contributed by atoms with Gasteiger partial charge >= 0.3 is 0 Å². The number of benzene rings is 3. The second kappa shape index (κ2) is 7.36. The number of pyridine rings is 2. The minimum atomic E-state index is 0.223. The van der Waals surface area contributed by atoms with Gasteiger partial charge in [-0.05, 0) is 36.4 Å². The van der Waals surface area contributed by atoms with Gasteiger partial charge in [0.25, 0.3) is 0 Å². The van der Waals surface area contributed by atoms with Crippen LogP contribution in [0.3, 0.4) is 0 Å². The van der Waals surface area contributed by atoms with Crippen LogP contribution < -0.4 is 0 Å². The van der Waals surface area contributed by atoms with E-state index in [9.17, 15) is 5.11 Å².